The number of ether oxygens (including phenoxy) is 1. The SMILES string of the molecule is CC(C)c1ccccc1C1C(=O)NCCN1C1CC2(CCN(C(=O)OC(C)(C)C)CC2)C1. The Balaban J connectivity index is 1.42. The molecular formula is C26H39N3O3. The van der Waals surface area contributed by atoms with Crippen LogP contribution >= 0.6 is 0 Å². The first kappa shape index (κ1) is 23.1. The van der Waals surface area contributed by atoms with Crippen molar-refractivity contribution >= 4 is 12.0 Å². The van der Waals surface area contributed by atoms with Gasteiger partial charge in [-0.25, -0.2) is 4.79 Å². The summed E-state index contributed by atoms with van der Waals surface area (Å²) in [6, 6.07) is 8.64. The van der Waals surface area contributed by atoms with E-state index >= 15 is 0 Å². The van der Waals surface area contributed by atoms with Gasteiger partial charge >= 0.3 is 6.09 Å². The Morgan fingerprint density at radius 2 is 1.78 bits per heavy atom. The molecule has 6 heteroatoms. The van der Waals surface area contributed by atoms with E-state index in [1.165, 1.54) is 5.56 Å². The number of hydrogen-bond donors (Lipinski definition) is 1. The normalized spacial score (nSPS) is 24.4. The number of rotatable bonds is 3. The highest BCUT2D eigenvalue weighted by atomic mass is 16.6. The van der Waals surface area contributed by atoms with Crippen molar-refractivity contribution in [3.63, 3.8) is 0 Å². The molecule has 1 aromatic rings. The van der Waals surface area contributed by atoms with Gasteiger partial charge in [0, 0.05) is 32.2 Å². The van der Waals surface area contributed by atoms with Gasteiger partial charge in [-0.3, -0.25) is 9.69 Å². The Kier molecular flexibility index (Phi) is 6.27. The second-order valence-electron chi connectivity index (χ2n) is 11.2. The molecule has 1 aliphatic carbocycles. The summed E-state index contributed by atoms with van der Waals surface area (Å²) < 4.78 is 5.55. The van der Waals surface area contributed by atoms with Crippen LogP contribution in [0.3, 0.4) is 0 Å². The fourth-order valence-electron chi connectivity index (χ4n) is 5.76. The number of amides is 2. The summed E-state index contributed by atoms with van der Waals surface area (Å²) in [5.74, 6) is 0.512. The van der Waals surface area contributed by atoms with Gasteiger partial charge in [-0.15, -0.1) is 0 Å². The highest BCUT2D eigenvalue weighted by Gasteiger charge is 2.51. The Morgan fingerprint density at radius 3 is 2.41 bits per heavy atom. The monoisotopic (exact) mass is 441 g/mol. The van der Waals surface area contributed by atoms with Crippen molar-refractivity contribution in [1.82, 2.24) is 15.1 Å². The van der Waals surface area contributed by atoms with Crippen LogP contribution in [0.1, 0.15) is 83.4 Å². The molecule has 0 bridgehead atoms. The summed E-state index contributed by atoms with van der Waals surface area (Å²) in [4.78, 5) is 29.7. The fourth-order valence-corrected chi connectivity index (χ4v) is 5.76. The number of hydrogen-bond acceptors (Lipinski definition) is 4. The van der Waals surface area contributed by atoms with Crippen molar-refractivity contribution in [2.24, 2.45) is 5.41 Å². The molecule has 2 heterocycles. The maximum Gasteiger partial charge on any atom is 0.410 e. The average Bonchev–Trinajstić information content (AvgIpc) is 2.70. The minimum absolute atomic E-state index is 0.130. The standard InChI is InChI=1S/C26H39N3O3/c1-18(2)20-8-6-7-9-21(20)22-23(30)27-12-15-29(22)19-16-26(17-19)10-13-28(14-11-26)24(31)32-25(3,4)5/h6-9,18-19,22H,10-17H2,1-5H3,(H,27,30). The van der Waals surface area contributed by atoms with Crippen molar-refractivity contribution in [1.29, 1.82) is 0 Å². The zero-order chi connectivity index (χ0) is 23.1. The lowest BCUT2D eigenvalue weighted by Crippen LogP contribution is -2.61. The molecule has 6 nitrogen and oxygen atoms in total. The van der Waals surface area contributed by atoms with E-state index in [0.29, 0.717) is 17.4 Å². The van der Waals surface area contributed by atoms with E-state index in [0.717, 1.165) is 57.4 Å². The Bertz CT molecular complexity index is 844. The average molecular weight is 442 g/mol. The van der Waals surface area contributed by atoms with Gasteiger partial charge < -0.3 is 15.0 Å². The van der Waals surface area contributed by atoms with Crippen LogP contribution in [0.15, 0.2) is 24.3 Å². The fraction of sp³-hybridized carbons (Fsp3) is 0.692. The molecule has 3 aliphatic rings. The van der Waals surface area contributed by atoms with Crippen LogP contribution in [0.4, 0.5) is 4.79 Å². The number of nitrogens with zero attached hydrogens (tertiary/aromatic N) is 2. The molecule has 1 unspecified atom stereocenters. The smallest absolute Gasteiger partial charge is 0.410 e. The lowest BCUT2D eigenvalue weighted by molar-refractivity contribution is -0.136. The van der Waals surface area contributed by atoms with E-state index in [2.05, 4.69) is 48.3 Å². The van der Waals surface area contributed by atoms with E-state index < -0.39 is 5.60 Å². The lowest BCUT2D eigenvalue weighted by atomic mass is 9.59. The Hall–Kier alpha value is -2.08. The van der Waals surface area contributed by atoms with Gasteiger partial charge in [0.05, 0.1) is 0 Å². The second kappa shape index (κ2) is 8.69. The number of likely N-dealkylation sites (tertiary alicyclic amines) is 1. The molecule has 1 atom stereocenters. The van der Waals surface area contributed by atoms with Crippen LogP contribution in [0.5, 0.6) is 0 Å². The van der Waals surface area contributed by atoms with E-state index in [1.54, 1.807) is 0 Å². The second-order valence-corrected chi connectivity index (χ2v) is 11.2. The molecule has 176 valence electrons. The van der Waals surface area contributed by atoms with Gasteiger partial charge in [0.25, 0.3) is 0 Å². The first-order valence-electron chi connectivity index (χ1n) is 12.2. The molecule has 3 fully saturated rings. The van der Waals surface area contributed by atoms with Crippen molar-refractivity contribution in [3.05, 3.63) is 35.4 Å². The molecule has 2 saturated heterocycles. The minimum Gasteiger partial charge on any atom is -0.444 e. The zero-order valence-corrected chi connectivity index (χ0v) is 20.3. The number of nitrogens with one attached hydrogen (secondary N) is 1. The van der Waals surface area contributed by atoms with E-state index in [9.17, 15) is 9.59 Å². The van der Waals surface area contributed by atoms with Crippen LogP contribution < -0.4 is 5.32 Å². The number of carbonyl (C=O) groups excluding carboxylic acids is 2. The van der Waals surface area contributed by atoms with Gasteiger partial charge in [-0.05, 0) is 68.9 Å². The largest absolute Gasteiger partial charge is 0.444 e. The molecular weight excluding hydrogens is 402 g/mol. The highest BCUT2D eigenvalue weighted by Crippen LogP contribution is 2.52. The third-order valence-electron chi connectivity index (χ3n) is 7.44. The summed E-state index contributed by atoms with van der Waals surface area (Å²) in [5, 5.41) is 3.10. The van der Waals surface area contributed by atoms with E-state index in [4.69, 9.17) is 4.74 Å². The highest BCUT2D eigenvalue weighted by molar-refractivity contribution is 5.84. The molecule has 2 amide bonds. The molecule has 2 aliphatic heterocycles. The van der Waals surface area contributed by atoms with Crippen LogP contribution in [0, 0.1) is 5.41 Å². The number of carbonyl (C=O) groups is 2. The number of piperidine rings is 1. The Morgan fingerprint density at radius 1 is 1.12 bits per heavy atom. The summed E-state index contributed by atoms with van der Waals surface area (Å²) in [5.41, 5.74) is 2.27. The maximum absolute atomic E-state index is 13.0. The molecule has 4 rings (SSSR count). The van der Waals surface area contributed by atoms with Crippen molar-refractivity contribution in [3.8, 4) is 0 Å². The van der Waals surface area contributed by atoms with Gasteiger partial charge in [-0.1, -0.05) is 38.1 Å². The van der Waals surface area contributed by atoms with E-state index in [-0.39, 0.29) is 18.0 Å². The first-order chi connectivity index (χ1) is 15.1. The van der Waals surface area contributed by atoms with Crippen molar-refractivity contribution < 1.29 is 14.3 Å². The molecule has 1 spiro atoms. The van der Waals surface area contributed by atoms with E-state index in [1.807, 2.05) is 25.7 Å². The van der Waals surface area contributed by atoms with Crippen LogP contribution in [0.25, 0.3) is 0 Å². The minimum atomic E-state index is -0.454. The van der Waals surface area contributed by atoms with Crippen molar-refractivity contribution in [2.45, 2.75) is 83.9 Å². The molecule has 32 heavy (non-hydrogen) atoms. The molecule has 1 aromatic carbocycles. The van der Waals surface area contributed by atoms with Crippen LogP contribution in [-0.2, 0) is 9.53 Å². The van der Waals surface area contributed by atoms with Gasteiger partial charge in [-0.2, -0.15) is 0 Å². The molecule has 1 saturated carbocycles. The predicted molar refractivity (Wildman–Crippen MR) is 125 cm³/mol. The molecule has 1 N–H and O–H groups in total. The lowest BCUT2D eigenvalue weighted by Gasteiger charge is -2.57. The van der Waals surface area contributed by atoms with Gasteiger partial charge in [0.2, 0.25) is 5.91 Å². The summed E-state index contributed by atoms with van der Waals surface area (Å²) >= 11 is 0. The quantitative estimate of drug-likeness (QED) is 0.752. The van der Waals surface area contributed by atoms with Gasteiger partial charge in [0.15, 0.2) is 0 Å². The molecule has 0 aromatic heterocycles. The predicted octanol–water partition coefficient (Wildman–Crippen LogP) is 4.46. The Labute approximate surface area is 192 Å². The topological polar surface area (TPSA) is 61.9 Å². The third kappa shape index (κ3) is 4.66. The zero-order valence-electron chi connectivity index (χ0n) is 20.3. The summed E-state index contributed by atoms with van der Waals surface area (Å²) in [6.07, 6.45) is 4.08. The number of piperazine rings is 1. The van der Waals surface area contributed by atoms with Crippen LogP contribution in [0.2, 0.25) is 0 Å². The maximum atomic E-state index is 13.0. The first-order valence-corrected chi connectivity index (χ1v) is 12.2. The van der Waals surface area contributed by atoms with Crippen molar-refractivity contribution in [2.75, 3.05) is 26.2 Å². The summed E-state index contributed by atoms with van der Waals surface area (Å²) in [6.45, 7) is 13.3. The summed E-state index contributed by atoms with van der Waals surface area (Å²) in [7, 11) is 0. The number of benzene rings is 1. The molecule has 0 radical (unpaired) electrons. The van der Waals surface area contributed by atoms with Gasteiger partial charge in [0.1, 0.15) is 11.6 Å². The van der Waals surface area contributed by atoms with Crippen LogP contribution in [-0.4, -0.2) is 59.6 Å². The third-order valence-corrected chi connectivity index (χ3v) is 7.44.